The number of rotatable bonds is 4. The molecule has 0 saturated heterocycles. The van der Waals surface area contributed by atoms with Crippen molar-refractivity contribution in [1.29, 1.82) is 0 Å². The summed E-state index contributed by atoms with van der Waals surface area (Å²) >= 11 is 2.23. The number of anilines is 1. The van der Waals surface area contributed by atoms with Gasteiger partial charge in [0.05, 0.1) is 17.7 Å². The molecule has 1 saturated carbocycles. The number of carbonyl (C=O) groups is 1. The second-order valence-electron chi connectivity index (χ2n) is 8.47. The number of fused-ring (bicyclic) bond motifs is 2. The van der Waals surface area contributed by atoms with Crippen molar-refractivity contribution in [3.63, 3.8) is 0 Å². The number of hydrogen-bond acceptors (Lipinski definition) is 4. The van der Waals surface area contributed by atoms with Crippen LogP contribution in [0.3, 0.4) is 0 Å². The van der Waals surface area contributed by atoms with Gasteiger partial charge in [0, 0.05) is 9.77 Å². The fraction of sp³-hybridized carbons (Fsp3) is 0.148. The van der Waals surface area contributed by atoms with Gasteiger partial charge in [-0.15, -0.1) is 0 Å². The van der Waals surface area contributed by atoms with Crippen LogP contribution in [-0.4, -0.2) is 21.5 Å². The molecule has 34 heavy (non-hydrogen) atoms. The molecule has 0 N–H and O–H groups in total. The van der Waals surface area contributed by atoms with Crippen molar-refractivity contribution in [2.45, 2.75) is 23.7 Å². The van der Waals surface area contributed by atoms with Gasteiger partial charge in [-0.05, 0) is 94.6 Å². The largest absolute Gasteiger partial charge is 0.468 e. The Bertz CT molecular complexity index is 1460. The van der Waals surface area contributed by atoms with E-state index in [2.05, 4.69) is 22.6 Å². The quantitative estimate of drug-likeness (QED) is 0.297. The van der Waals surface area contributed by atoms with E-state index in [-0.39, 0.29) is 10.9 Å². The van der Waals surface area contributed by atoms with Crippen molar-refractivity contribution < 1.29 is 17.9 Å². The molecule has 1 atom stereocenters. The van der Waals surface area contributed by atoms with E-state index < -0.39 is 15.4 Å². The first-order valence-corrected chi connectivity index (χ1v) is 13.3. The zero-order valence-corrected chi connectivity index (χ0v) is 21.6. The smallest absolute Gasteiger partial charge is 0.321 e. The van der Waals surface area contributed by atoms with E-state index in [1.165, 1.54) is 11.4 Å². The third-order valence-electron chi connectivity index (χ3n) is 6.46. The summed E-state index contributed by atoms with van der Waals surface area (Å²) in [5.41, 5.74) is 3.64. The Kier molecular flexibility index (Phi) is 5.64. The molecule has 1 fully saturated rings. The van der Waals surface area contributed by atoms with Crippen LogP contribution in [0.2, 0.25) is 0 Å². The summed E-state index contributed by atoms with van der Waals surface area (Å²) in [4.78, 5) is 13.4. The van der Waals surface area contributed by atoms with E-state index in [0.717, 1.165) is 31.4 Å². The zero-order chi connectivity index (χ0) is 24.1. The number of carbonyl (C=O) groups excluding carboxylic acids is 1. The highest BCUT2D eigenvalue weighted by Crippen LogP contribution is 2.55. The minimum Gasteiger partial charge on any atom is -0.468 e. The molecule has 3 aromatic rings. The van der Waals surface area contributed by atoms with E-state index in [1.54, 1.807) is 36.5 Å². The molecule has 5 rings (SSSR count). The van der Waals surface area contributed by atoms with Crippen LogP contribution in [0.1, 0.15) is 23.1 Å². The van der Waals surface area contributed by atoms with Crippen LogP contribution in [0.25, 0.3) is 6.08 Å². The molecule has 0 aromatic heterocycles. The van der Waals surface area contributed by atoms with Crippen LogP contribution in [-0.2, 0) is 25.0 Å². The molecule has 172 valence electrons. The number of halogens is 1. The summed E-state index contributed by atoms with van der Waals surface area (Å²) in [6.07, 6.45) is 3.92. The Balaban J connectivity index is 1.70. The summed E-state index contributed by atoms with van der Waals surface area (Å²) in [7, 11) is -2.48. The monoisotopic (exact) mass is 583 g/mol. The Morgan fingerprint density at radius 2 is 1.68 bits per heavy atom. The highest BCUT2D eigenvalue weighted by atomic mass is 127. The van der Waals surface area contributed by atoms with Gasteiger partial charge in [-0.3, -0.25) is 4.79 Å². The van der Waals surface area contributed by atoms with E-state index >= 15 is 0 Å². The number of nitrogens with zero attached hydrogens (tertiary/aromatic N) is 1. The second kappa shape index (κ2) is 8.39. The third kappa shape index (κ3) is 3.49. The maximum absolute atomic E-state index is 13.7. The molecule has 1 aliphatic heterocycles. The summed E-state index contributed by atoms with van der Waals surface area (Å²) in [5, 5.41) is 0. The van der Waals surface area contributed by atoms with Crippen LogP contribution >= 0.6 is 22.6 Å². The third-order valence-corrected chi connectivity index (χ3v) is 8.86. The number of para-hydroxylation sites is 1. The first-order valence-electron chi connectivity index (χ1n) is 10.8. The number of ether oxygens (including phenoxy) is 1. The zero-order valence-electron chi connectivity index (χ0n) is 18.7. The molecule has 1 heterocycles. The maximum atomic E-state index is 13.7. The van der Waals surface area contributed by atoms with Crippen molar-refractivity contribution in [1.82, 2.24) is 0 Å². The van der Waals surface area contributed by atoms with Crippen LogP contribution in [0.5, 0.6) is 0 Å². The predicted molar refractivity (Wildman–Crippen MR) is 141 cm³/mol. The number of hydrogen-bond donors (Lipinski definition) is 0. The average molecular weight is 583 g/mol. The lowest BCUT2D eigenvalue weighted by Gasteiger charge is -2.44. The molecular weight excluding hydrogens is 561 g/mol. The van der Waals surface area contributed by atoms with Gasteiger partial charge in [-0.25, -0.2) is 12.7 Å². The normalized spacial score (nSPS) is 19.1. The molecule has 1 unspecified atom stereocenters. The first kappa shape index (κ1) is 22.9. The van der Waals surface area contributed by atoms with Crippen molar-refractivity contribution in [2.24, 2.45) is 0 Å². The van der Waals surface area contributed by atoms with Crippen LogP contribution in [0, 0.1) is 10.5 Å². The van der Waals surface area contributed by atoms with Crippen molar-refractivity contribution in [2.75, 3.05) is 11.4 Å². The SMILES string of the molecule is COC(=O)C1(c2ccc(I)cc2)CC2=CN(S(=O)(=O)c3ccc(C)cc3)c3ccccc3C=C21. The number of methoxy groups -OCH3 is 1. The average Bonchev–Trinajstić information content (AvgIpc) is 2.96. The molecular formula is C27H22INO4S. The van der Waals surface area contributed by atoms with Gasteiger partial charge in [0.25, 0.3) is 10.0 Å². The Labute approximate surface area is 212 Å². The van der Waals surface area contributed by atoms with Gasteiger partial charge >= 0.3 is 5.97 Å². The van der Waals surface area contributed by atoms with Crippen molar-refractivity contribution in [3.05, 3.63) is 110 Å². The molecule has 0 radical (unpaired) electrons. The van der Waals surface area contributed by atoms with Gasteiger partial charge in [0.15, 0.2) is 0 Å². The maximum Gasteiger partial charge on any atom is 0.321 e. The molecule has 0 bridgehead atoms. The predicted octanol–water partition coefficient (Wildman–Crippen LogP) is 5.59. The van der Waals surface area contributed by atoms with Gasteiger partial charge in [-0.1, -0.05) is 48.0 Å². The van der Waals surface area contributed by atoms with E-state index in [4.69, 9.17) is 4.74 Å². The summed E-state index contributed by atoms with van der Waals surface area (Å²) in [6, 6.07) is 21.9. The molecule has 5 nitrogen and oxygen atoms in total. The fourth-order valence-electron chi connectivity index (χ4n) is 4.64. The van der Waals surface area contributed by atoms with E-state index in [0.29, 0.717) is 12.1 Å². The second-order valence-corrected chi connectivity index (χ2v) is 11.5. The number of benzene rings is 3. The van der Waals surface area contributed by atoms with E-state index in [9.17, 15) is 13.2 Å². The molecule has 3 aromatic carbocycles. The van der Waals surface area contributed by atoms with Crippen LogP contribution in [0.15, 0.2) is 95.0 Å². The molecule has 1 aliphatic carbocycles. The van der Waals surface area contributed by atoms with Gasteiger partial charge in [0.2, 0.25) is 0 Å². The molecule has 7 heteroatoms. The molecule has 0 spiro atoms. The topological polar surface area (TPSA) is 63.7 Å². The molecule has 2 aliphatic rings. The lowest BCUT2D eigenvalue weighted by molar-refractivity contribution is -0.147. The Morgan fingerprint density at radius 1 is 1.00 bits per heavy atom. The van der Waals surface area contributed by atoms with Crippen molar-refractivity contribution in [3.8, 4) is 0 Å². The fourth-order valence-corrected chi connectivity index (χ4v) is 6.40. The summed E-state index contributed by atoms with van der Waals surface area (Å²) in [5.74, 6) is -0.357. The summed E-state index contributed by atoms with van der Waals surface area (Å²) in [6.45, 7) is 1.92. The Hall–Kier alpha value is -2.91. The minimum absolute atomic E-state index is 0.212. The van der Waals surface area contributed by atoms with Gasteiger partial charge in [-0.2, -0.15) is 0 Å². The molecule has 0 amide bonds. The number of sulfonamides is 1. The lowest BCUT2D eigenvalue weighted by atomic mass is 9.57. The van der Waals surface area contributed by atoms with Gasteiger partial charge < -0.3 is 4.74 Å². The van der Waals surface area contributed by atoms with E-state index in [1.807, 2.05) is 55.5 Å². The summed E-state index contributed by atoms with van der Waals surface area (Å²) < 4.78 is 35.1. The van der Waals surface area contributed by atoms with Crippen molar-refractivity contribution >= 4 is 50.3 Å². The highest BCUT2D eigenvalue weighted by molar-refractivity contribution is 14.1. The minimum atomic E-state index is -3.86. The van der Waals surface area contributed by atoms with Crippen LogP contribution in [0.4, 0.5) is 5.69 Å². The lowest BCUT2D eigenvalue weighted by Crippen LogP contribution is -2.47. The number of esters is 1. The number of allylic oxidation sites excluding steroid dienone is 1. The number of aryl methyl sites for hydroxylation is 1. The first-order chi connectivity index (χ1) is 16.3. The highest BCUT2D eigenvalue weighted by Gasteiger charge is 2.55. The Morgan fingerprint density at radius 3 is 2.35 bits per heavy atom. The van der Waals surface area contributed by atoms with Gasteiger partial charge in [0.1, 0.15) is 5.41 Å². The standard InChI is InChI=1S/C27H22INO4S/c1-18-7-13-23(14-8-18)34(31,32)29-17-20-16-27(26(30)33-2,21-9-11-22(28)12-10-21)24(20)15-19-5-3-4-6-25(19)29/h3-15,17H,16H2,1-2H3. The van der Waals surface area contributed by atoms with Crippen LogP contribution < -0.4 is 4.31 Å².